The summed E-state index contributed by atoms with van der Waals surface area (Å²) in [6.07, 6.45) is 0. The van der Waals surface area contributed by atoms with E-state index >= 15 is 0 Å². The molecule has 2 aliphatic heterocycles. The molecule has 0 atom stereocenters. The summed E-state index contributed by atoms with van der Waals surface area (Å²) in [7, 11) is 0. The molecule has 2 aliphatic rings. The van der Waals surface area contributed by atoms with E-state index in [1.165, 1.54) is 0 Å². The Bertz CT molecular complexity index is 508. The van der Waals surface area contributed by atoms with Crippen LogP contribution in [0.4, 0.5) is 0 Å². The predicted molar refractivity (Wildman–Crippen MR) is 106 cm³/mol. The number of hydrogen-bond donors (Lipinski definition) is 0. The van der Waals surface area contributed by atoms with E-state index in [4.69, 9.17) is 36.9 Å². The second-order valence-corrected chi connectivity index (χ2v) is 12.6. The number of ether oxygens (including phenoxy) is 3. The minimum atomic E-state index is -2.56. The van der Waals surface area contributed by atoms with Gasteiger partial charge in [-0.2, -0.15) is 0 Å². The van der Waals surface area contributed by atoms with Crippen molar-refractivity contribution in [2.24, 2.45) is 0 Å². The fourth-order valence-corrected chi connectivity index (χ4v) is 6.81. The zero-order chi connectivity index (χ0) is 22.5. The molecule has 11 heteroatoms. The van der Waals surface area contributed by atoms with Crippen LogP contribution in [0.15, 0.2) is 0 Å². The van der Waals surface area contributed by atoms with Gasteiger partial charge in [-0.15, -0.1) is 0 Å². The van der Waals surface area contributed by atoms with Gasteiger partial charge < -0.3 is 36.9 Å². The average Bonchev–Trinajstić information content (AvgIpc) is 2.25. The van der Waals surface area contributed by atoms with Crippen molar-refractivity contribution in [2.75, 3.05) is 0 Å². The van der Waals surface area contributed by atoms with Gasteiger partial charge in [-0.3, -0.25) is 0 Å². The Morgan fingerprint density at radius 2 is 0.759 bits per heavy atom. The van der Waals surface area contributed by atoms with E-state index in [9.17, 15) is 0 Å². The van der Waals surface area contributed by atoms with Crippen LogP contribution in [0.3, 0.4) is 0 Å². The molecule has 0 N–H and O–H groups in total. The Labute approximate surface area is 184 Å². The zero-order valence-corrected chi connectivity index (χ0v) is 22.1. The topological polar surface area (TPSA) is 83.1 Å². The molecule has 0 unspecified atom stereocenters. The quantitative estimate of drug-likeness (QED) is 0.446. The molecule has 0 aromatic carbocycles. The molecule has 168 valence electrons. The fraction of sp³-hybridized carbons (Fsp3) is 1.00. The summed E-state index contributed by atoms with van der Waals surface area (Å²) in [6.45, 7) is 21.8. The average molecular weight is 450 g/mol. The van der Waals surface area contributed by atoms with E-state index < -0.39 is 65.0 Å². The van der Waals surface area contributed by atoms with E-state index in [2.05, 4.69) is 0 Å². The van der Waals surface area contributed by atoms with Crippen molar-refractivity contribution < 1.29 is 36.9 Å². The molecule has 2 heterocycles. The highest BCUT2D eigenvalue weighted by Crippen LogP contribution is 2.35. The van der Waals surface area contributed by atoms with Crippen molar-refractivity contribution in [2.45, 2.75) is 118 Å². The van der Waals surface area contributed by atoms with Crippen LogP contribution in [-0.2, 0) is 36.9 Å². The van der Waals surface area contributed by atoms with Gasteiger partial charge in [0.05, 0.1) is 0 Å². The second kappa shape index (κ2) is 8.24. The van der Waals surface area contributed by atoms with Crippen LogP contribution in [0.2, 0.25) is 0 Å². The molecule has 0 bridgehead atoms. The minimum Gasteiger partial charge on any atom is -0.428 e. The van der Waals surface area contributed by atoms with Crippen LogP contribution in [0.5, 0.6) is 0 Å². The van der Waals surface area contributed by atoms with Crippen molar-refractivity contribution in [3.63, 3.8) is 0 Å². The van der Waals surface area contributed by atoms with E-state index in [0.29, 0.717) is 0 Å². The second-order valence-electron chi connectivity index (χ2n) is 9.99. The summed E-state index contributed by atoms with van der Waals surface area (Å²) in [6, 6.07) is 0. The molecule has 2 fully saturated rings. The van der Waals surface area contributed by atoms with Gasteiger partial charge in [0, 0.05) is 0 Å². The van der Waals surface area contributed by atoms with Gasteiger partial charge in [0.2, 0.25) is 0 Å². The Balaban J connectivity index is 2.01. The molecule has 2 saturated heterocycles. The maximum absolute atomic E-state index is 6.13. The van der Waals surface area contributed by atoms with Crippen molar-refractivity contribution in [1.82, 2.24) is 0 Å². The molecule has 0 saturated carbocycles. The lowest BCUT2D eigenvalue weighted by molar-refractivity contribution is -0.368. The molecule has 0 radical (unpaired) electrons. The SMILES string of the molecule is CC1(C)[O][Al]([O]C(C)(C)OC(C)(C)[O][Al]2[O]C(C)(C)OC(C)(C)[O]2)[O]C(C)(C)O1. The maximum Gasteiger partial charge on any atom is 0.911 e. The first-order valence-electron chi connectivity index (χ1n) is 9.86. The molecule has 0 amide bonds. The molecule has 9 nitrogen and oxygen atoms in total. The standard InChI is InChI=1S/3C6H12O3.2Al/c3*1-5(2,7)9-6(3,4)8;;/h3*1-4H3;;/q3*-2;2*+3. The molecular weight excluding hydrogens is 414 g/mol. The van der Waals surface area contributed by atoms with E-state index in [-0.39, 0.29) is 0 Å². The summed E-state index contributed by atoms with van der Waals surface area (Å²) in [5.41, 5.74) is 0. The number of hydrogen-bond acceptors (Lipinski definition) is 9. The van der Waals surface area contributed by atoms with Gasteiger partial charge in [0.25, 0.3) is 0 Å². The summed E-state index contributed by atoms with van der Waals surface area (Å²) in [4.78, 5) is 0. The normalized spacial score (nSPS) is 26.5. The molecule has 2 rings (SSSR count). The molecule has 0 aromatic rings. The van der Waals surface area contributed by atoms with Gasteiger partial charge in [-0.1, -0.05) is 0 Å². The fourth-order valence-electron chi connectivity index (χ4n) is 3.45. The van der Waals surface area contributed by atoms with Gasteiger partial charge in [-0.05, 0) is 83.1 Å². The Morgan fingerprint density at radius 3 is 1.00 bits per heavy atom. The summed E-state index contributed by atoms with van der Waals surface area (Å²) in [5, 5.41) is 0. The lowest BCUT2D eigenvalue weighted by Crippen LogP contribution is -2.59. The van der Waals surface area contributed by atoms with Crippen LogP contribution in [0.1, 0.15) is 83.1 Å². The summed E-state index contributed by atoms with van der Waals surface area (Å²) in [5.74, 6) is -5.34. The maximum atomic E-state index is 6.13. The summed E-state index contributed by atoms with van der Waals surface area (Å²) >= 11 is -5.11. The van der Waals surface area contributed by atoms with Gasteiger partial charge in [-0.25, -0.2) is 0 Å². The van der Waals surface area contributed by atoms with Gasteiger partial charge in [0.1, 0.15) is 34.7 Å². The summed E-state index contributed by atoms with van der Waals surface area (Å²) < 4.78 is 53.2. The van der Waals surface area contributed by atoms with Crippen LogP contribution >= 0.6 is 0 Å². The van der Waals surface area contributed by atoms with Gasteiger partial charge in [0.15, 0.2) is 0 Å². The minimum absolute atomic E-state index is 0.811. The predicted octanol–water partition coefficient (Wildman–Crippen LogP) is 3.55. The third-order valence-electron chi connectivity index (χ3n) is 3.75. The van der Waals surface area contributed by atoms with E-state index in [1.54, 1.807) is 27.7 Å². The van der Waals surface area contributed by atoms with Crippen molar-refractivity contribution >= 4 is 30.3 Å². The highest BCUT2D eigenvalue weighted by atomic mass is 27.3. The zero-order valence-electron chi connectivity index (χ0n) is 19.8. The van der Waals surface area contributed by atoms with E-state index in [1.807, 2.05) is 55.4 Å². The van der Waals surface area contributed by atoms with Crippen LogP contribution in [-0.4, -0.2) is 65.0 Å². The molecule has 29 heavy (non-hydrogen) atoms. The van der Waals surface area contributed by atoms with Gasteiger partial charge >= 0.3 is 30.3 Å². The van der Waals surface area contributed by atoms with Crippen molar-refractivity contribution in [3.05, 3.63) is 0 Å². The van der Waals surface area contributed by atoms with Crippen molar-refractivity contribution in [3.8, 4) is 0 Å². The monoisotopic (exact) mass is 450 g/mol. The third-order valence-corrected chi connectivity index (χ3v) is 8.32. The molecular formula is C18H36Al2O9. The lowest BCUT2D eigenvalue weighted by atomic mass is 10.3. The molecule has 0 spiro atoms. The number of rotatable bonds is 6. The Morgan fingerprint density at radius 1 is 0.517 bits per heavy atom. The first kappa shape index (κ1) is 26.0. The third kappa shape index (κ3) is 8.63. The Kier molecular flexibility index (Phi) is 7.38. The van der Waals surface area contributed by atoms with Crippen LogP contribution in [0.25, 0.3) is 0 Å². The Hall–Kier alpha value is 0.705. The molecule has 0 aromatic heterocycles. The first-order chi connectivity index (χ1) is 12.7. The largest absolute Gasteiger partial charge is 0.911 e. The lowest BCUT2D eigenvalue weighted by Gasteiger charge is -2.47. The molecule has 0 aliphatic carbocycles. The first-order valence-corrected chi connectivity index (χ1v) is 12.7. The smallest absolute Gasteiger partial charge is 0.428 e. The highest BCUT2D eigenvalue weighted by Gasteiger charge is 2.55. The van der Waals surface area contributed by atoms with Crippen molar-refractivity contribution in [1.29, 1.82) is 0 Å². The van der Waals surface area contributed by atoms with Crippen LogP contribution in [0, 0.1) is 0 Å². The highest BCUT2D eigenvalue weighted by molar-refractivity contribution is 6.37. The van der Waals surface area contributed by atoms with E-state index in [0.717, 1.165) is 0 Å². The van der Waals surface area contributed by atoms with Crippen LogP contribution < -0.4 is 0 Å².